The van der Waals surface area contributed by atoms with Crippen LogP contribution in [0.3, 0.4) is 0 Å². The van der Waals surface area contributed by atoms with Gasteiger partial charge in [0.15, 0.2) is 0 Å². The standard InChI is InChI=1S/C16H20N4O3S/c1-10-15(11(2)19(3)18-10)24(22,23)20-9-13-7-5-4-6-12(13)8-14(20)16(17)21/h4-7,14H,8-9H2,1-3H3,(H2,17,21)/t14-/m1/s1. The molecule has 2 heterocycles. The maximum absolute atomic E-state index is 13.2. The Bertz CT molecular complexity index is 917. The molecule has 1 atom stereocenters. The molecule has 8 heteroatoms. The van der Waals surface area contributed by atoms with Crippen molar-refractivity contribution < 1.29 is 13.2 Å². The van der Waals surface area contributed by atoms with E-state index in [4.69, 9.17) is 5.73 Å². The van der Waals surface area contributed by atoms with Crippen molar-refractivity contribution in [2.45, 2.75) is 37.8 Å². The van der Waals surface area contributed by atoms with E-state index in [2.05, 4.69) is 5.10 Å². The number of fused-ring (bicyclic) bond motifs is 1. The number of sulfonamides is 1. The molecule has 0 saturated heterocycles. The first-order valence-corrected chi connectivity index (χ1v) is 9.05. The van der Waals surface area contributed by atoms with Gasteiger partial charge in [0, 0.05) is 13.6 Å². The predicted octanol–water partition coefficient (Wildman–Crippen LogP) is 0.638. The summed E-state index contributed by atoms with van der Waals surface area (Å²) in [5.74, 6) is -0.646. The highest BCUT2D eigenvalue weighted by Crippen LogP contribution is 2.31. The number of carbonyl (C=O) groups excluding carboxylic acids is 1. The summed E-state index contributed by atoms with van der Waals surface area (Å²) in [6.45, 7) is 3.47. The minimum atomic E-state index is -3.89. The number of rotatable bonds is 3. The van der Waals surface area contributed by atoms with Crippen LogP contribution < -0.4 is 5.73 Å². The van der Waals surface area contributed by atoms with Gasteiger partial charge in [-0.3, -0.25) is 9.48 Å². The lowest BCUT2D eigenvalue weighted by atomic mass is 9.96. The number of amides is 1. The third-order valence-corrected chi connectivity index (χ3v) is 6.65. The number of benzene rings is 1. The van der Waals surface area contributed by atoms with Gasteiger partial charge >= 0.3 is 0 Å². The van der Waals surface area contributed by atoms with Crippen LogP contribution in [0.25, 0.3) is 0 Å². The molecular formula is C16H20N4O3S. The SMILES string of the molecule is Cc1nn(C)c(C)c1S(=O)(=O)N1Cc2ccccc2C[C@@H]1C(N)=O. The lowest BCUT2D eigenvalue weighted by Crippen LogP contribution is -2.51. The Morgan fingerprint density at radius 1 is 1.25 bits per heavy atom. The summed E-state index contributed by atoms with van der Waals surface area (Å²) in [6, 6.07) is 6.60. The zero-order valence-corrected chi connectivity index (χ0v) is 14.7. The van der Waals surface area contributed by atoms with Gasteiger partial charge in [-0.05, 0) is 31.4 Å². The van der Waals surface area contributed by atoms with Gasteiger partial charge < -0.3 is 5.73 Å². The Morgan fingerprint density at radius 3 is 2.42 bits per heavy atom. The summed E-state index contributed by atoms with van der Waals surface area (Å²) in [5.41, 5.74) is 8.29. The van der Waals surface area contributed by atoms with Crippen LogP contribution in [0.5, 0.6) is 0 Å². The number of primary amides is 1. The fourth-order valence-electron chi connectivity index (χ4n) is 3.24. The number of carbonyl (C=O) groups is 1. The van der Waals surface area contributed by atoms with Crippen molar-refractivity contribution in [2.24, 2.45) is 12.8 Å². The van der Waals surface area contributed by atoms with Crippen LogP contribution in [-0.4, -0.2) is 34.5 Å². The molecule has 1 amide bonds. The molecule has 0 radical (unpaired) electrons. The van der Waals surface area contributed by atoms with Crippen molar-refractivity contribution >= 4 is 15.9 Å². The Morgan fingerprint density at radius 2 is 1.88 bits per heavy atom. The topological polar surface area (TPSA) is 98.3 Å². The highest BCUT2D eigenvalue weighted by atomic mass is 32.2. The van der Waals surface area contributed by atoms with Gasteiger partial charge in [0.1, 0.15) is 10.9 Å². The van der Waals surface area contributed by atoms with E-state index in [9.17, 15) is 13.2 Å². The highest BCUT2D eigenvalue weighted by Gasteiger charge is 2.40. The fourth-order valence-corrected chi connectivity index (χ4v) is 5.22. The Kier molecular flexibility index (Phi) is 3.97. The van der Waals surface area contributed by atoms with Crippen LogP contribution in [0.2, 0.25) is 0 Å². The van der Waals surface area contributed by atoms with Gasteiger partial charge in [0.2, 0.25) is 15.9 Å². The molecule has 0 aliphatic carbocycles. The summed E-state index contributed by atoms with van der Waals surface area (Å²) >= 11 is 0. The van der Waals surface area contributed by atoms with Gasteiger partial charge in [0.05, 0.1) is 11.4 Å². The Hall–Kier alpha value is -2.19. The maximum atomic E-state index is 13.2. The number of hydrogen-bond donors (Lipinski definition) is 1. The molecule has 0 unspecified atom stereocenters. The van der Waals surface area contributed by atoms with E-state index in [1.54, 1.807) is 20.9 Å². The van der Waals surface area contributed by atoms with E-state index < -0.39 is 22.0 Å². The number of nitrogens with zero attached hydrogens (tertiary/aromatic N) is 3. The lowest BCUT2D eigenvalue weighted by molar-refractivity contribution is -0.122. The zero-order chi connectivity index (χ0) is 17.6. The second kappa shape index (κ2) is 5.71. The molecule has 1 aromatic heterocycles. The molecule has 1 aliphatic heterocycles. The van der Waals surface area contributed by atoms with Crippen LogP contribution in [0, 0.1) is 13.8 Å². The van der Waals surface area contributed by atoms with Crippen LogP contribution in [0.4, 0.5) is 0 Å². The first-order chi connectivity index (χ1) is 11.2. The molecule has 2 N–H and O–H groups in total. The summed E-state index contributed by atoms with van der Waals surface area (Å²) in [4.78, 5) is 12.1. The van der Waals surface area contributed by atoms with Gasteiger partial charge in [-0.25, -0.2) is 8.42 Å². The molecule has 0 fully saturated rings. The van der Waals surface area contributed by atoms with Gasteiger partial charge in [-0.2, -0.15) is 9.40 Å². The fraction of sp³-hybridized carbons (Fsp3) is 0.375. The van der Waals surface area contributed by atoms with E-state index in [0.29, 0.717) is 11.4 Å². The largest absolute Gasteiger partial charge is 0.368 e. The van der Waals surface area contributed by atoms with Gasteiger partial charge in [0.25, 0.3) is 0 Å². The summed E-state index contributed by atoms with van der Waals surface area (Å²) < 4.78 is 29.2. The zero-order valence-electron chi connectivity index (χ0n) is 13.9. The van der Waals surface area contributed by atoms with Crippen LogP contribution >= 0.6 is 0 Å². The van der Waals surface area contributed by atoms with Gasteiger partial charge in [-0.1, -0.05) is 24.3 Å². The highest BCUT2D eigenvalue weighted by molar-refractivity contribution is 7.89. The van der Waals surface area contributed by atoms with Crippen LogP contribution in [0.1, 0.15) is 22.5 Å². The van der Waals surface area contributed by atoms with Crippen LogP contribution in [-0.2, 0) is 34.8 Å². The second-order valence-electron chi connectivity index (χ2n) is 6.06. The van der Waals surface area contributed by atoms with E-state index >= 15 is 0 Å². The number of aromatic nitrogens is 2. The molecule has 0 bridgehead atoms. The third-order valence-electron chi connectivity index (χ3n) is 4.54. The summed E-state index contributed by atoms with van der Waals surface area (Å²) in [6.07, 6.45) is 0.281. The van der Waals surface area contributed by atoms with E-state index in [-0.39, 0.29) is 17.9 Å². The first-order valence-electron chi connectivity index (χ1n) is 7.61. The molecule has 1 aromatic carbocycles. The average molecular weight is 348 g/mol. The predicted molar refractivity (Wildman–Crippen MR) is 88.5 cm³/mol. The van der Waals surface area contributed by atoms with E-state index in [1.807, 2.05) is 24.3 Å². The molecule has 24 heavy (non-hydrogen) atoms. The van der Waals surface area contributed by atoms with E-state index in [1.165, 1.54) is 8.99 Å². The third kappa shape index (κ3) is 2.51. The summed E-state index contributed by atoms with van der Waals surface area (Å²) in [7, 11) is -2.20. The van der Waals surface area contributed by atoms with Gasteiger partial charge in [-0.15, -0.1) is 0 Å². The molecule has 0 spiro atoms. The smallest absolute Gasteiger partial charge is 0.247 e. The van der Waals surface area contributed by atoms with Crippen molar-refractivity contribution in [1.29, 1.82) is 0 Å². The van der Waals surface area contributed by atoms with Crippen molar-refractivity contribution in [3.63, 3.8) is 0 Å². The minimum absolute atomic E-state index is 0.125. The maximum Gasteiger partial charge on any atom is 0.247 e. The summed E-state index contributed by atoms with van der Waals surface area (Å²) in [5, 5.41) is 4.18. The normalized spacial score (nSPS) is 18.4. The van der Waals surface area contributed by atoms with Crippen molar-refractivity contribution in [3.05, 3.63) is 46.8 Å². The molecule has 2 aromatic rings. The quantitative estimate of drug-likeness (QED) is 0.880. The molecule has 3 rings (SSSR count). The molecular weight excluding hydrogens is 328 g/mol. The average Bonchev–Trinajstić information content (AvgIpc) is 2.79. The Labute approximate surface area is 141 Å². The van der Waals surface area contributed by atoms with E-state index in [0.717, 1.165) is 11.1 Å². The number of hydrogen-bond acceptors (Lipinski definition) is 4. The number of nitrogens with two attached hydrogens (primary N) is 1. The molecule has 7 nitrogen and oxygen atoms in total. The number of aryl methyl sites for hydroxylation is 2. The monoisotopic (exact) mass is 348 g/mol. The van der Waals surface area contributed by atoms with Crippen molar-refractivity contribution in [2.75, 3.05) is 0 Å². The minimum Gasteiger partial charge on any atom is -0.368 e. The lowest BCUT2D eigenvalue weighted by Gasteiger charge is -2.34. The molecule has 128 valence electrons. The van der Waals surface area contributed by atoms with Crippen molar-refractivity contribution in [1.82, 2.24) is 14.1 Å². The first kappa shape index (κ1) is 16.7. The molecule has 0 saturated carbocycles. The second-order valence-corrected chi connectivity index (χ2v) is 7.89. The molecule has 1 aliphatic rings. The van der Waals surface area contributed by atoms with Crippen molar-refractivity contribution in [3.8, 4) is 0 Å². The van der Waals surface area contributed by atoms with Crippen LogP contribution in [0.15, 0.2) is 29.2 Å². The Balaban J connectivity index is 2.13.